The molecule has 0 amide bonds. The molecule has 3 unspecified atom stereocenters. The first-order chi connectivity index (χ1) is 7.83. The van der Waals surface area contributed by atoms with Crippen molar-refractivity contribution in [3.05, 3.63) is 29.6 Å². The fourth-order valence-electron chi connectivity index (χ4n) is 3.55. The minimum Gasteiger partial charge on any atom is -0.316 e. The SMILES string of the molecule is Cc1cc(CC2CCC3CNCC32)ccn1. The summed E-state index contributed by atoms with van der Waals surface area (Å²) in [6, 6.07) is 4.43. The molecule has 2 heterocycles. The molecule has 1 aromatic rings. The lowest BCUT2D eigenvalue weighted by Crippen LogP contribution is -2.17. The number of hydrogen-bond acceptors (Lipinski definition) is 2. The van der Waals surface area contributed by atoms with E-state index in [1.807, 2.05) is 6.20 Å². The molecule has 1 aromatic heterocycles. The van der Waals surface area contributed by atoms with E-state index in [0.717, 1.165) is 23.4 Å². The molecule has 1 aliphatic carbocycles. The summed E-state index contributed by atoms with van der Waals surface area (Å²) in [5.74, 6) is 2.81. The maximum atomic E-state index is 4.27. The van der Waals surface area contributed by atoms with Gasteiger partial charge in [0.25, 0.3) is 0 Å². The van der Waals surface area contributed by atoms with Gasteiger partial charge < -0.3 is 5.32 Å². The van der Waals surface area contributed by atoms with Gasteiger partial charge in [-0.25, -0.2) is 0 Å². The van der Waals surface area contributed by atoms with Gasteiger partial charge in [-0.1, -0.05) is 0 Å². The molecule has 1 saturated heterocycles. The minimum absolute atomic E-state index is 0.904. The highest BCUT2D eigenvalue weighted by molar-refractivity contribution is 5.16. The van der Waals surface area contributed by atoms with Crippen molar-refractivity contribution in [2.75, 3.05) is 13.1 Å². The molecule has 2 fully saturated rings. The summed E-state index contributed by atoms with van der Waals surface area (Å²) >= 11 is 0. The van der Waals surface area contributed by atoms with Crippen LogP contribution in [0, 0.1) is 24.7 Å². The number of pyridine rings is 1. The van der Waals surface area contributed by atoms with Gasteiger partial charge in [0.2, 0.25) is 0 Å². The van der Waals surface area contributed by atoms with Crippen molar-refractivity contribution in [2.24, 2.45) is 17.8 Å². The molecule has 3 rings (SSSR count). The van der Waals surface area contributed by atoms with E-state index >= 15 is 0 Å². The molecule has 1 saturated carbocycles. The Kier molecular flexibility index (Phi) is 2.68. The molecule has 2 aliphatic rings. The highest BCUT2D eigenvalue weighted by Crippen LogP contribution is 2.40. The van der Waals surface area contributed by atoms with Crippen LogP contribution in [0.2, 0.25) is 0 Å². The number of aryl methyl sites for hydroxylation is 1. The summed E-state index contributed by atoms with van der Waals surface area (Å²) in [5.41, 5.74) is 2.63. The molecule has 86 valence electrons. The summed E-state index contributed by atoms with van der Waals surface area (Å²) in [6.07, 6.45) is 6.07. The highest BCUT2D eigenvalue weighted by atomic mass is 14.9. The topological polar surface area (TPSA) is 24.9 Å². The van der Waals surface area contributed by atoms with Crippen LogP contribution >= 0.6 is 0 Å². The van der Waals surface area contributed by atoms with Crippen LogP contribution < -0.4 is 5.32 Å². The normalized spacial score (nSPS) is 32.9. The van der Waals surface area contributed by atoms with E-state index in [2.05, 4.69) is 29.4 Å². The Bertz CT molecular complexity index is 375. The molecular weight excluding hydrogens is 196 g/mol. The van der Waals surface area contributed by atoms with Gasteiger partial charge in [0.15, 0.2) is 0 Å². The summed E-state index contributed by atoms with van der Waals surface area (Å²) < 4.78 is 0. The molecule has 2 nitrogen and oxygen atoms in total. The first-order valence-corrected chi connectivity index (χ1v) is 6.45. The van der Waals surface area contributed by atoms with E-state index in [1.165, 1.54) is 37.9 Å². The maximum Gasteiger partial charge on any atom is 0.0375 e. The quantitative estimate of drug-likeness (QED) is 0.819. The van der Waals surface area contributed by atoms with Gasteiger partial charge in [0.05, 0.1) is 0 Å². The van der Waals surface area contributed by atoms with Gasteiger partial charge in [0, 0.05) is 11.9 Å². The molecule has 0 aromatic carbocycles. The molecule has 16 heavy (non-hydrogen) atoms. The van der Waals surface area contributed by atoms with Gasteiger partial charge in [-0.15, -0.1) is 0 Å². The average molecular weight is 216 g/mol. The van der Waals surface area contributed by atoms with Crippen molar-refractivity contribution in [3.8, 4) is 0 Å². The third-order valence-corrected chi connectivity index (χ3v) is 4.36. The summed E-state index contributed by atoms with van der Waals surface area (Å²) in [4.78, 5) is 4.27. The van der Waals surface area contributed by atoms with E-state index in [-0.39, 0.29) is 0 Å². The van der Waals surface area contributed by atoms with Crippen LogP contribution in [0.15, 0.2) is 18.3 Å². The summed E-state index contributed by atoms with van der Waals surface area (Å²) in [5, 5.41) is 3.54. The second-order valence-corrected chi connectivity index (χ2v) is 5.43. The van der Waals surface area contributed by atoms with Crippen molar-refractivity contribution in [3.63, 3.8) is 0 Å². The molecule has 1 N–H and O–H groups in total. The Morgan fingerprint density at radius 3 is 3.19 bits per heavy atom. The fourth-order valence-corrected chi connectivity index (χ4v) is 3.55. The van der Waals surface area contributed by atoms with Crippen molar-refractivity contribution < 1.29 is 0 Å². The average Bonchev–Trinajstić information content (AvgIpc) is 2.83. The fraction of sp³-hybridized carbons (Fsp3) is 0.643. The first kappa shape index (κ1) is 10.3. The van der Waals surface area contributed by atoms with E-state index < -0.39 is 0 Å². The smallest absolute Gasteiger partial charge is 0.0375 e. The molecule has 0 spiro atoms. The number of rotatable bonds is 2. The second-order valence-electron chi connectivity index (χ2n) is 5.43. The van der Waals surface area contributed by atoms with Crippen molar-refractivity contribution >= 4 is 0 Å². The van der Waals surface area contributed by atoms with Gasteiger partial charge >= 0.3 is 0 Å². The molecular formula is C14H20N2. The van der Waals surface area contributed by atoms with Crippen LogP contribution in [0.3, 0.4) is 0 Å². The minimum atomic E-state index is 0.904. The monoisotopic (exact) mass is 216 g/mol. The van der Waals surface area contributed by atoms with Gasteiger partial charge in [-0.05, 0) is 74.7 Å². The van der Waals surface area contributed by atoms with Gasteiger partial charge in [-0.3, -0.25) is 4.98 Å². The van der Waals surface area contributed by atoms with Crippen LogP contribution in [-0.2, 0) is 6.42 Å². The van der Waals surface area contributed by atoms with Crippen molar-refractivity contribution in [1.82, 2.24) is 10.3 Å². The van der Waals surface area contributed by atoms with Gasteiger partial charge in [0.1, 0.15) is 0 Å². The van der Waals surface area contributed by atoms with Crippen LogP contribution in [0.5, 0.6) is 0 Å². The Morgan fingerprint density at radius 1 is 1.38 bits per heavy atom. The van der Waals surface area contributed by atoms with E-state index in [4.69, 9.17) is 0 Å². The number of nitrogens with zero attached hydrogens (tertiary/aromatic N) is 1. The Balaban J connectivity index is 1.71. The van der Waals surface area contributed by atoms with Crippen LogP contribution in [0.1, 0.15) is 24.1 Å². The van der Waals surface area contributed by atoms with Crippen LogP contribution in [0.25, 0.3) is 0 Å². The largest absolute Gasteiger partial charge is 0.316 e. The zero-order valence-corrected chi connectivity index (χ0v) is 9.95. The third-order valence-electron chi connectivity index (χ3n) is 4.36. The predicted octanol–water partition coefficient (Wildman–Crippen LogP) is 2.18. The lowest BCUT2D eigenvalue weighted by atomic mass is 9.88. The zero-order valence-electron chi connectivity index (χ0n) is 9.95. The summed E-state index contributed by atoms with van der Waals surface area (Å²) in [7, 11) is 0. The van der Waals surface area contributed by atoms with Gasteiger partial charge in [-0.2, -0.15) is 0 Å². The lowest BCUT2D eigenvalue weighted by Gasteiger charge is -2.17. The molecule has 1 aliphatic heterocycles. The lowest BCUT2D eigenvalue weighted by molar-refractivity contribution is 0.374. The second kappa shape index (κ2) is 4.17. The molecule has 0 bridgehead atoms. The molecule has 3 atom stereocenters. The number of aromatic nitrogens is 1. The van der Waals surface area contributed by atoms with Crippen LogP contribution in [-0.4, -0.2) is 18.1 Å². The summed E-state index contributed by atoms with van der Waals surface area (Å²) in [6.45, 7) is 4.59. The van der Waals surface area contributed by atoms with E-state index in [9.17, 15) is 0 Å². The number of nitrogens with one attached hydrogen (secondary N) is 1. The van der Waals surface area contributed by atoms with E-state index in [0.29, 0.717) is 0 Å². The number of fused-ring (bicyclic) bond motifs is 1. The van der Waals surface area contributed by atoms with E-state index in [1.54, 1.807) is 0 Å². The Morgan fingerprint density at radius 2 is 2.31 bits per heavy atom. The maximum absolute atomic E-state index is 4.27. The van der Waals surface area contributed by atoms with Crippen molar-refractivity contribution in [1.29, 1.82) is 0 Å². The highest BCUT2D eigenvalue weighted by Gasteiger charge is 2.38. The number of hydrogen-bond donors (Lipinski definition) is 1. The Hall–Kier alpha value is -0.890. The standard InChI is InChI=1S/C14H20N2/c1-10-6-11(4-5-16-10)7-12-2-3-13-8-15-9-14(12)13/h4-6,12-15H,2-3,7-9H2,1H3. The predicted molar refractivity (Wildman–Crippen MR) is 65.3 cm³/mol. The van der Waals surface area contributed by atoms with Crippen molar-refractivity contribution in [2.45, 2.75) is 26.2 Å². The third kappa shape index (κ3) is 1.86. The van der Waals surface area contributed by atoms with Crippen LogP contribution in [0.4, 0.5) is 0 Å². The Labute approximate surface area is 97.5 Å². The first-order valence-electron chi connectivity index (χ1n) is 6.45. The zero-order chi connectivity index (χ0) is 11.0. The molecule has 0 radical (unpaired) electrons. The molecule has 2 heteroatoms.